The predicted octanol–water partition coefficient (Wildman–Crippen LogP) is 3.97. The quantitative estimate of drug-likeness (QED) is 0.707. The van der Waals surface area contributed by atoms with Gasteiger partial charge in [0.15, 0.2) is 0 Å². The third kappa shape index (κ3) is 3.58. The minimum absolute atomic E-state index is 0.679. The van der Waals surface area contributed by atoms with Gasteiger partial charge in [-0.3, -0.25) is 4.90 Å². The molecule has 0 bridgehead atoms. The molecule has 1 aromatic heterocycles. The molecule has 2 aromatic carbocycles. The highest BCUT2D eigenvalue weighted by atomic mass is 16.3. The van der Waals surface area contributed by atoms with Crippen molar-refractivity contribution in [3.8, 4) is 11.5 Å². The molecule has 3 nitrogen and oxygen atoms in total. The van der Waals surface area contributed by atoms with Crippen LogP contribution in [0.2, 0.25) is 0 Å². The zero-order chi connectivity index (χ0) is 14.5. The van der Waals surface area contributed by atoms with E-state index in [2.05, 4.69) is 41.2 Å². The first-order valence-electron chi connectivity index (χ1n) is 7.03. The minimum atomic E-state index is 0.679. The molecule has 0 amide bonds. The van der Waals surface area contributed by atoms with Gasteiger partial charge in [0.2, 0.25) is 5.89 Å². The summed E-state index contributed by atoms with van der Waals surface area (Å²) in [7, 11) is 2.09. The van der Waals surface area contributed by atoms with Crippen LogP contribution in [0.15, 0.2) is 71.3 Å². The molecule has 0 saturated heterocycles. The second kappa shape index (κ2) is 6.37. The van der Waals surface area contributed by atoms with Gasteiger partial charge in [0.25, 0.3) is 0 Å². The van der Waals surface area contributed by atoms with Gasteiger partial charge in [-0.05, 0) is 24.7 Å². The molecule has 0 atom stereocenters. The maximum atomic E-state index is 5.56. The molecule has 0 unspecified atom stereocenters. The third-order valence-corrected chi connectivity index (χ3v) is 3.30. The van der Waals surface area contributed by atoms with E-state index < -0.39 is 0 Å². The Hall–Kier alpha value is -2.39. The third-order valence-electron chi connectivity index (χ3n) is 3.30. The van der Waals surface area contributed by atoms with Gasteiger partial charge in [-0.25, -0.2) is 4.98 Å². The van der Waals surface area contributed by atoms with E-state index in [-0.39, 0.29) is 0 Å². The van der Waals surface area contributed by atoms with E-state index in [4.69, 9.17) is 4.42 Å². The monoisotopic (exact) mass is 278 g/mol. The molecule has 3 aromatic rings. The number of nitrogens with zero attached hydrogens (tertiary/aromatic N) is 2. The zero-order valence-electron chi connectivity index (χ0n) is 12.1. The summed E-state index contributed by atoms with van der Waals surface area (Å²) < 4.78 is 5.56. The number of aromatic nitrogens is 1. The van der Waals surface area contributed by atoms with Crippen molar-refractivity contribution in [2.45, 2.75) is 13.1 Å². The Bertz CT molecular complexity index is 677. The lowest BCUT2D eigenvalue weighted by Crippen LogP contribution is -2.17. The van der Waals surface area contributed by atoms with Crippen LogP contribution in [-0.4, -0.2) is 16.9 Å². The topological polar surface area (TPSA) is 29.3 Å². The lowest BCUT2D eigenvalue weighted by atomic mass is 10.2. The molecule has 0 saturated carbocycles. The maximum Gasteiger partial charge on any atom is 0.226 e. The predicted molar refractivity (Wildman–Crippen MR) is 83.6 cm³/mol. The molecule has 0 aliphatic rings. The largest absolute Gasteiger partial charge is 0.444 e. The van der Waals surface area contributed by atoms with E-state index in [0.29, 0.717) is 5.89 Å². The van der Waals surface area contributed by atoms with Gasteiger partial charge in [0.1, 0.15) is 6.26 Å². The van der Waals surface area contributed by atoms with E-state index in [9.17, 15) is 0 Å². The first-order chi connectivity index (χ1) is 10.3. The van der Waals surface area contributed by atoms with Crippen LogP contribution in [-0.2, 0) is 13.1 Å². The second-order valence-corrected chi connectivity index (χ2v) is 5.17. The molecular formula is C18H18N2O. The van der Waals surface area contributed by atoms with Gasteiger partial charge in [0.05, 0.1) is 5.69 Å². The fourth-order valence-corrected chi connectivity index (χ4v) is 2.32. The van der Waals surface area contributed by atoms with Gasteiger partial charge in [0, 0.05) is 18.7 Å². The lowest BCUT2D eigenvalue weighted by Gasteiger charge is -2.14. The Kier molecular flexibility index (Phi) is 4.12. The molecule has 0 N–H and O–H groups in total. The van der Waals surface area contributed by atoms with Gasteiger partial charge in [-0.15, -0.1) is 0 Å². The van der Waals surface area contributed by atoms with Crippen LogP contribution in [0.3, 0.4) is 0 Å². The maximum absolute atomic E-state index is 5.56. The van der Waals surface area contributed by atoms with E-state index in [1.807, 2.05) is 36.4 Å². The van der Waals surface area contributed by atoms with Crippen molar-refractivity contribution in [3.05, 3.63) is 78.2 Å². The summed E-state index contributed by atoms with van der Waals surface area (Å²) in [6.45, 7) is 1.67. The summed E-state index contributed by atoms with van der Waals surface area (Å²) in [5.41, 5.74) is 3.26. The van der Waals surface area contributed by atoms with Crippen LogP contribution in [0.25, 0.3) is 11.5 Å². The average molecular weight is 278 g/mol. The summed E-state index contributed by atoms with van der Waals surface area (Å²) in [6, 6.07) is 20.4. The van der Waals surface area contributed by atoms with Gasteiger partial charge in [-0.2, -0.15) is 0 Å². The molecule has 1 heterocycles. The zero-order valence-corrected chi connectivity index (χ0v) is 12.1. The first kappa shape index (κ1) is 13.6. The summed E-state index contributed by atoms with van der Waals surface area (Å²) in [6.07, 6.45) is 1.74. The van der Waals surface area contributed by atoms with Crippen molar-refractivity contribution in [2.75, 3.05) is 7.05 Å². The van der Waals surface area contributed by atoms with E-state index in [1.165, 1.54) is 5.56 Å². The van der Waals surface area contributed by atoms with Crippen molar-refractivity contribution in [1.82, 2.24) is 9.88 Å². The number of hydrogen-bond acceptors (Lipinski definition) is 3. The smallest absolute Gasteiger partial charge is 0.226 e. The molecule has 0 aliphatic carbocycles. The Balaban J connectivity index is 1.65. The van der Waals surface area contributed by atoms with Gasteiger partial charge >= 0.3 is 0 Å². The molecule has 0 spiro atoms. The van der Waals surface area contributed by atoms with Crippen LogP contribution in [0.1, 0.15) is 11.3 Å². The Labute approximate surface area is 124 Å². The van der Waals surface area contributed by atoms with Crippen molar-refractivity contribution < 1.29 is 4.42 Å². The Morgan fingerprint density at radius 1 is 0.905 bits per heavy atom. The van der Waals surface area contributed by atoms with Gasteiger partial charge < -0.3 is 4.42 Å². The second-order valence-electron chi connectivity index (χ2n) is 5.17. The van der Waals surface area contributed by atoms with Crippen LogP contribution >= 0.6 is 0 Å². The minimum Gasteiger partial charge on any atom is -0.444 e. The molecule has 3 heteroatoms. The highest BCUT2D eigenvalue weighted by Crippen LogP contribution is 2.18. The highest BCUT2D eigenvalue weighted by Gasteiger charge is 2.08. The van der Waals surface area contributed by atoms with E-state index in [0.717, 1.165) is 24.3 Å². The van der Waals surface area contributed by atoms with Crippen molar-refractivity contribution >= 4 is 0 Å². The number of hydrogen-bond donors (Lipinski definition) is 0. The van der Waals surface area contributed by atoms with E-state index in [1.54, 1.807) is 6.26 Å². The van der Waals surface area contributed by atoms with Crippen LogP contribution in [0.4, 0.5) is 0 Å². The van der Waals surface area contributed by atoms with Crippen LogP contribution in [0, 0.1) is 0 Å². The fourth-order valence-electron chi connectivity index (χ4n) is 2.32. The molecule has 0 aliphatic heterocycles. The molecule has 106 valence electrons. The van der Waals surface area contributed by atoms with Crippen LogP contribution < -0.4 is 0 Å². The summed E-state index contributed by atoms with van der Waals surface area (Å²) in [4.78, 5) is 6.78. The molecule has 3 rings (SSSR count). The normalized spacial score (nSPS) is 11.0. The SMILES string of the molecule is CN(Cc1ccccc1)Cc1coc(-c2ccccc2)n1. The molecule has 0 fully saturated rings. The first-order valence-corrected chi connectivity index (χ1v) is 7.03. The Morgan fingerprint density at radius 3 is 2.29 bits per heavy atom. The Morgan fingerprint density at radius 2 is 1.57 bits per heavy atom. The molecule has 21 heavy (non-hydrogen) atoms. The number of rotatable bonds is 5. The van der Waals surface area contributed by atoms with Crippen molar-refractivity contribution in [2.24, 2.45) is 0 Å². The lowest BCUT2D eigenvalue weighted by molar-refractivity contribution is 0.315. The fraction of sp³-hybridized carbons (Fsp3) is 0.167. The van der Waals surface area contributed by atoms with E-state index >= 15 is 0 Å². The highest BCUT2D eigenvalue weighted by molar-refractivity contribution is 5.52. The average Bonchev–Trinajstić information content (AvgIpc) is 2.97. The molecule has 0 radical (unpaired) electrons. The van der Waals surface area contributed by atoms with Crippen molar-refractivity contribution in [1.29, 1.82) is 0 Å². The number of oxazole rings is 1. The summed E-state index contributed by atoms with van der Waals surface area (Å²) in [5.74, 6) is 0.679. The standard InChI is InChI=1S/C18H18N2O/c1-20(12-15-8-4-2-5-9-15)13-17-14-21-18(19-17)16-10-6-3-7-11-16/h2-11,14H,12-13H2,1H3. The van der Waals surface area contributed by atoms with Crippen LogP contribution in [0.5, 0.6) is 0 Å². The summed E-state index contributed by atoms with van der Waals surface area (Å²) >= 11 is 0. The van der Waals surface area contributed by atoms with Gasteiger partial charge in [-0.1, -0.05) is 48.5 Å². The molecular weight excluding hydrogens is 260 g/mol. The summed E-state index contributed by atoms with van der Waals surface area (Å²) in [5, 5.41) is 0. The number of benzene rings is 2. The van der Waals surface area contributed by atoms with Crippen molar-refractivity contribution in [3.63, 3.8) is 0 Å².